The Morgan fingerprint density at radius 1 is 0.658 bits per heavy atom. The molecule has 4 nitrogen and oxygen atoms in total. The molecule has 0 atom stereocenters. The van der Waals surface area contributed by atoms with Crippen molar-refractivity contribution in [2.75, 3.05) is 0 Å². The molecule has 5 aromatic rings. The minimum atomic E-state index is -0.793. The van der Waals surface area contributed by atoms with E-state index in [0.29, 0.717) is 5.57 Å². The molecule has 1 aliphatic heterocycles. The number of Topliss-reactive ketones (excluding diaryl/α,β-unsaturated/α-hetero) is 2. The van der Waals surface area contributed by atoms with Gasteiger partial charge in [-0.1, -0.05) is 66.7 Å². The molecule has 4 aromatic carbocycles. The van der Waals surface area contributed by atoms with Crippen LogP contribution in [0.3, 0.4) is 0 Å². The SMILES string of the molecule is CC1=[N+](c2ccccc2)c2ccccc2C1=C1C(=O)C(c2c(C)n(-c3ccccc3)c3ccccc23)C1=O. The lowest BCUT2D eigenvalue weighted by Crippen LogP contribution is -2.40. The number of rotatable bonds is 3. The van der Waals surface area contributed by atoms with E-state index in [0.717, 1.165) is 56.1 Å². The third-order valence-corrected chi connectivity index (χ3v) is 7.86. The minimum Gasteiger partial charge on any atom is -0.314 e. The number of nitrogens with zero attached hydrogens (tertiary/aromatic N) is 2. The van der Waals surface area contributed by atoms with E-state index in [1.54, 1.807) is 0 Å². The number of carbonyl (C=O) groups is 2. The Bertz CT molecular complexity index is 1840. The molecule has 38 heavy (non-hydrogen) atoms. The third kappa shape index (κ3) is 3.00. The van der Waals surface area contributed by atoms with Crippen LogP contribution in [-0.4, -0.2) is 21.8 Å². The maximum absolute atomic E-state index is 14.0. The molecule has 1 aromatic heterocycles. The highest BCUT2D eigenvalue weighted by Crippen LogP contribution is 2.47. The van der Waals surface area contributed by atoms with Crippen molar-refractivity contribution < 1.29 is 9.59 Å². The van der Waals surface area contributed by atoms with Crippen LogP contribution in [0.5, 0.6) is 0 Å². The average Bonchev–Trinajstić information content (AvgIpc) is 3.40. The van der Waals surface area contributed by atoms with Gasteiger partial charge in [-0.15, -0.1) is 0 Å². The number of ketones is 2. The van der Waals surface area contributed by atoms with Crippen molar-refractivity contribution in [2.24, 2.45) is 0 Å². The average molecular weight is 494 g/mol. The summed E-state index contributed by atoms with van der Waals surface area (Å²) in [6.07, 6.45) is 0. The van der Waals surface area contributed by atoms with Crippen LogP contribution in [0.15, 0.2) is 115 Å². The van der Waals surface area contributed by atoms with Crippen molar-refractivity contribution >= 4 is 45.1 Å². The third-order valence-electron chi connectivity index (χ3n) is 7.86. The molecule has 4 heteroatoms. The Morgan fingerprint density at radius 3 is 2.00 bits per heavy atom. The second kappa shape index (κ2) is 8.35. The van der Waals surface area contributed by atoms with Gasteiger partial charge in [-0.25, -0.2) is 0 Å². The van der Waals surface area contributed by atoms with Crippen LogP contribution in [0.25, 0.3) is 22.2 Å². The van der Waals surface area contributed by atoms with E-state index in [1.165, 1.54) is 0 Å². The van der Waals surface area contributed by atoms with Gasteiger partial charge in [0.05, 0.1) is 22.2 Å². The molecule has 2 aliphatic rings. The summed E-state index contributed by atoms with van der Waals surface area (Å²) >= 11 is 0. The lowest BCUT2D eigenvalue weighted by molar-refractivity contribution is -0.133. The van der Waals surface area contributed by atoms with Crippen molar-refractivity contribution in [3.05, 3.63) is 132 Å². The quantitative estimate of drug-likeness (QED) is 0.118. The van der Waals surface area contributed by atoms with Gasteiger partial charge in [-0.05, 0) is 36.8 Å². The van der Waals surface area contributed by atoms with Gasteiger partial charge >= 0.3 is 0 Å². The Labute approximate surface area is 220 Å². The zero-order valence-corrected chi connectivity index (χ0v) is 21.2. The number of hydrogen-bond acceptors (Lipinski definition) is 2. The van der Waals surface area contributed by atoms with Gasteiger partial charge < -0.3 is 4.57 Å². The lowest BCUT2D eigenvalue weighted by Gasteiger charge is -2.28. The van der Waals surface area contributed by atoms with Crippen molar-refractivity contribution in [3.63, 3.8) is 0 Å². The molecule has 0 unspecified atom stereocenters. The van der Waals surface area contributed by atoms with Gasteiger partial charge in [0.25, 0.3) is 0 Å². The van der Waals surface area contributed by atoms with Gasteiger partial charge in [-0.3, -0.25) is 9.59 Å². The summed E-state index contributed by atoms with van der Waals surface area (Å²) in [5.74, 6) is -1.00. The monoisotopic (exact) mass is 493 g/mol. The van der Waals surface area contributed by atoms with Crippen LogP contribution in [0.4, 0.5) is 11.4 Å². The zero-order valence-electron chi connectivity index (χ0n) is 21.2. The Morgan fingerprint density at radius 2 is 1.26 bits per heavy atom. The summed E-state index contributed by atoms with van der Waals surface area (Å²) in [5.41, 5.74) is 8.62. The van der Waals surface area contributed by atoms with Crippen LogP contribution in [0.2, 0.25) is 0 Å². The van der Waals surface area contributed by atoms with Gasteiger partial charge in [0, 0.05) is 41.9 Å². The molecule has 1 aliphatic carbocycles. The first kappa shape index (κ1) is 22.4. The minimum absolute atomic E-state index is 0.104. The van der Waals surface area contributed by atoms with E-state index in [-0.39, 0.29) is 11.6 Å². The fourth-order valence-corrected chi connectivity index (χ4v) is 6.22. The summed E-state index contributed by atoms with van der Waals surface area (Å²) in [7, 11) is 0. The van der Waals surface area contributed by atoms with Crippen molar-refractivity contribution in [3.8, 4) is 5.69 Å². The molecule has 7 rings (SSSR count). The second-order valence-corrected chi connectivity index (χ2v) is 9.87. The van der Waals surface area contributed by atoms with Crippen molar-refractivity contribution in [2.45, 2.75) is 19.8 Å². The van der Waals surface area contributed by atoms with Gasteiger partial charge in [0.1, 0.15) is 5.92 Å². The zero-order chi connectivity index (χ0) is 26.0. The molecule has 0 spiro atoms. The predicted molar refractivity (Wildman–Crippen MR) is 153 cm³/mol. The van der Waals surface area contributed by atoms with Crippen molar-refractivity contribution in [1.29, 1.82) is 0 Å². The van der Waals surface area contributed by atoms with Crippen LogP contribution >= 0.6 is 0 Å². The number of aromatic nitrogens is 1. The van der Waals surface area contributed by atoms with E-state index in [2.05, 4.69) is 15.2 Å². The topological polar surface area (TPSA) is 42.1 Å². The molecular weight excluding hydrogens is 468 g/mol. The summed E-state index contributed by atoms with van der Waals surface area (Å²) in [6.45, 7) is 4.00. The Balaban J connectivity index is 1.41. The first-order valence-corrected chi connectivity index (χ1v) is 12.8. The standard InChI is InChI=1S/C34H25N2O2/c1-21-29(25-17-9-11-19-27(25)35(21)23-13-5-3-6-14-23)31-33(37)32(34(31)38)30-22(2)36(24-15-7-4-8-16-24)28-20-12-10-18-26(28)30/h3-20,31H,1-2H3/q+1. The summed E-state index contributed by atoms with van der Waals surface area (Å²) in [5, 5.41) is 0.947. The highest BCUT2D eigenvalue weighted by Gasteiger charge is 2.52. The normalized spacial score (nSPS) is 16.8. The number of allylic oxidation sites excluding steroid dienone is 2. The molecule has 0 radical (unpaired) electrons. The predicted octanol–water partition coefficient (Wildman–Crippen LogP) is 6.94. The molecule has 0 amide bonds. The van der Waals surface area contributed by atoms with E-state index in [9.17, 15) is 9.59 Å². The Hall–Kier alpha value is -4.83. The second-order valence-electron chi connectivity index (χ2n) is 9.87. The summed E-state index contributed by atoms with van der Waals surface area (Å²) in [6, 6.07) is 36.2. The van der Waals surface area contributed by atoms with Gasteiger partial charge in [0.15, 0.2) is 17.3 Å². The first-order valence-electron chi connectivity index (χ1n) is 12.8. The molecule has 182 valence electrons. The maximum atomic E-state index is 14.0. The summed E-state index contributed by atoms with van der Waals surface area (Å²) < 4.78 is 4.29. The fourth-order valence-electron chi connectivity index (χ4n) is 6.22. The van der Waals surface area contributed by atoms with Crippen LogP contribution in [-0.2, 0) is 9.59 Å². The summed E-state index contributed by atoms with van der Waals surface area (Å²) in [4.78, 5) is 28.0. The van der Waals surface area contributed by atoms with E-state index in [1.807, 2.05) is 117 Å². The van der Waals surface area contributed by atoms with E-state index >= 15 is 0 Å². The molecule has 0 bridgehead atoms. The van der Waals surface area contributed by atoms with Gasteiger partial charge in [-0.2, -0.15) is 4.58 Å². The molecule has 0 N–H and O–H groups in total. The van der Waals surface area contributed by atoms with Crippen LogP contribution in [0.1, 0.15) is 29.7 Å². The van der Waals surface area contributed by atoms with E-state index < -0.39 is 5.92 Å². The number of carbonyl (C=O) groups excluding carboxylic acids is 2. The molecule has 1 fully saturated rings. The Kier molecular flexibility index (Phi) is 4.92. The molecular formula is C34H25N2O2+. The maximum Gasteiger partial charge on any atom is 0.219 e. The highest BCUT2D eigenvalue weighted by atomic mass is 16.2. The van der Waals surface area contributed by atoms with Crippen LogP contribution in [0, 0.1) is 6.92 Å². The van der Waals surface area contributed by atoms with E-state index in [4.69, 9.17) is 0 Å². The van der Waals surface area contributed by atoms with Crippen LogP contribution < -0.4 is 4.58 Å². The van der Waals surface area contributed by atoms with Gasteiger partial charge in [0.2, 0.25) is 11.4 Å². The smallest absolute Gasteiger partial charge is 0.219 e. The fraction of sp³-hybridized carbons (Fsp3) is 0.0882. The lowest BCUT2D eigenvalue weighted by atomic mass is 9.69. The van der Waals surface area contributed by atoms with Crippen molar-refractivity contribution in [1.82, 2.24) is 9.14 Å². The number of fused-ring (bicyclic) bond motifs is 2. The number of benzene rings is 4. The molecule has 2 heterocycles. The molecule has 0 saturated heterocycles. The number of para-hydroxylation sites is 4. The molecule has 1 saturated carbocycles. The highest BCUT2D eigenvalue weighted by molar-refractivity contribution is 6.51. The first-order chi connectivity index (χ1) is 18.6. The number of hydrogen-bond donors (Lipinski definition) is 0. The largest absolute Gasteiger partial charge is 0.314 e.